The molecular weight excluding hydrogens is 216 g/mol. The molecule has 86 valence electrons. The van der Waals surface area contributed by atoms with E-state index in [0.717, 1.165) is 11.1 Å². The van der Waals surface area contributed by atoms with Gasteiger partial charge in [-0.2, -0.15) is 0 Å². The van der Waals surface area contributed by atoms with Crippen LogP contribution in [0.4, 0.5) is 11.4 Å². The monoisotopic (exact) mass is 228 g/mol. The minimum atomic E-state index is 0.160. The van der Waals surface area contributed by atoms with Crippen molar-refractivity contribution in [2.45, 2.75) is 0 Å². The van der Waals surface area contributed by atoms with E-state index in [0.29, 0.717) is 22.9 Å². The van der Waals surface area contributed by atoms with Gasteiger partial charge in [-0.1, -0.05) is 12.1 Å². The number of hydrogen-bond acceptors (Lipinski definition) is 4. The molecule has 0 unspecified atom stereocenters. The molecule has 0 fully saturated rings. The average molecular weight is 228 g/mol. The van der Waals surface area contributed by atoms with Crippen LogP contribution < -0.4 is 20.9 Å². The molecule has 0 amide bonds. The molecule has 0 radical (unpaired) electrons. The Balaban J connectivity index is 2.37. The van der Waals surface area contributed by atoms with Crippen molar-refractivity contribution in [3.63, 3.8) is 0 Å². The molecule has 3 rings (SSSR count). The standard InChI is InChI=1S/C13H12N2O2/c14-8-3-1-5-10-12(8)13-9(15)4-2-6-11(13)17-7-16-10/h1-6H,7,14-15H2. The summed E-state index contributed by atoms with van der Waals surface area (Å²) in [7, 11) is 0. The smallest absolute Gasteiger partial charge is 0.230 e. The maximum atomic E-state index is 6.00. The van der Waals surface area contributed by atoms with E-state index in [4.69, 9.17) is 20.9 Å². The summed E-state index contributed by atoms with van der Waals surface area (Å²) in [5, 5.41) is 0. The van der Waals surface area contributed by atoms with Crippen LogP contribution in [0.3, 0.4) is 0 Å². The van der Waals surface area contributed by atoms with Gasteiger partial charge in [0, 0.05) is 11.4 Å². The highest BCUT2D eigenvalue weighted by Gasteiger charge is 2.20. The van der Waals surface area contributed by atoms with Crippen molar-refractivity contribution >= 4 is 11.4 Å². The van der Waals surface area contributed by atoms with Gasteiger partial charge in [-0.3, -0.25) is 0 Å². The number of hydrogen-bond donors (Lipinski definition) is 2. The van der Waals surface area contributed by atoms with Crippen molar-refractivity contribution in [1.29, 1.82) is 0 Å². The highest BCUT2D eigenvalue weighted by Crippen LogP contribution is 2.45. The molecule has 4 nitrogen and oxygen atoms in total. The van der Waals surface area contributed by atoms with Crippen LogP contribution in [-0.4, -0.2) is 6.79 Å². The third kappa shape index (κ3) is 1.45. The number of fused-ring (bicyclic) bond motifs is 3. The topological polar surface area (TPSA) is 70.5 Å². The van der Waals surface area contributed by atoms with Gasteiger partial charge < -0.3 is 20.9 Å². The zero-order valence-corrected chi connectivity index (χ0v) is 9.14. The second-order valence-corrected chi connectivity index (χ2v) is 3.85. The number of rotatable bonds is 0. The van der Waals surface area contributed by atoms with Crippen LogP contribution in [0.15, 0.2) is 36.4 Å². The summed E-state index contributed by atoms with van der Waals surface area (Å²) < 4.78 is 11.0. The SMILES string of the molecule is Nc1cccc2c1-c1c(N)cccc1OCO2. The van der Waals surface area contributed by atoms with Gasteiger partial charge in [0.1, 0.15) is 11.5 Å². The van der Waals surface area contributed by atoms with E-state index in [-0.39, 0.29) is 6.79 Å². The maximum absolute atomic E-state index is 6.00. The van der Waals surface area contributed by atoms with Crippen LogP contribution in [0.5, 0.6) is 11.5 Å². The Morgan fingerprint density at radius 1 is 0.765 bits per heavy atom. The fourth-order valence-corrected chi connectivity index (χ4v) is 2.03. The molecule has 0 saturated carbocycles. The Hall–Kier alpha value is -2.36. The Bertz CT molecular complexity index is 530. The van der Waals surface area contributed by atoms with Crippen molar-refractivity contribution in [2.24, 2.45) is 0 Å². The lowest BCUT2D eigenvalue weighted by molar-refractivity contribution is 0.125. The van der Waals surface area contributed by atoms with Crippen molar-refractivity contribution in [2.75, 3.05) is 18.3 Å². The molecule has 0 aromatic heterocycles. The highest BCUT2D eigenvalue weighted by molar-refractivity contribution is 5.92. The van der Waals surface area contributed by atoms with Crippen molar-refractivity contribution in [3.8, 4) is 22.6 Å². The summed E-state index contributed by atoms with van der Waals surface area (Å²) in [5.41, 5.74) is 14.9. The van der Waals surface area contributed by atoms with E-state index in [1.807, 2.05) is 36.4 Å². The van der Waals surface area contributed by atoms with Gasteiger partial charge in [-0.15, -0.1) is 0 Å². The Morgan fingerprint density at radius 3 is 1.71 bits per heavy atom. The first-order valence-electron chi connectivity index (χ1n) is 5.30. The van der Waals surface area contributed by atoms with E-state index >= 15 is 0 Å². The van der Waals surface area contributed by atoms with Crippen molar-refractivity contribution in [1.82, 2.24) is 0 Å². The van der Waals surface area contributed by atoms with Gasteiger partial charge in [-0.25, -0.2) is 0 Å². The van der Waals surface area contributed by atoms with Crippen LogP contribution >= 0.6 is 0 Å². The van der Waals surface area contributed by atoms with E-state index < -0.39 is 0 Å². The normalized spacial score (nSPS) is 12.7. The molecule has 1 aliphatic rings. The predicted octanol–water partition coefficient (Wildman–Crippen LogP) is 2.25. The number of nitrogens with two attached hydrogens (primary N) is 2. The maximum Gasteiger partial charge on any atom is 0.230 e. The molecule has 1 aliphatic heterocycles. The number of nitrogen functional groups attached to an aromatic ring is 2. The van der Waals surface area contributed by atoms with Crippen LogP contribution in [-0.2, 0) is 0 Å². The fourth-order valence-electron chi connectivity index (χ4n) is 2.03. The van der Waals surface area contributed by atoms with Gasteiger partial charge in [0.15, 0.2) is 0 Å². The first kappa shape index (κ1) is 9.84. The van der Waals surface area contributed by atoms with Gasteiger partial charge in [-0.05, 0) is 24.3 Å². The Labute approximate surface area is 98.8 Å². The minimum Gasteiger partial charge on any atom is -0.457 e. The largest absolute Gasteiger partial charge is 0.457 e. The molecule has 2 aromatic rings. The predicted molar refractivity (Wildman–Crippen MR) is 66.8 cm³/mol. The number of benzene rings is 2. The second-order valence-electron chi connectivity index (χ2n) is 3.85. The molecular formula is C13H12N2O2. The molecule has 4 heteroatoms. The zero-order chi connectivity index (χ0) is 11.8. The summed E-state index contributed by atoms with van der Waals surface area (Å²) in [6.07, 6.45) is 0. The number of ether oxygens (including phenoxy) is 2. The fraction of sp³-hybridized carbons (Fsp3) is 0.0769. The molecule has 17 heavy (non-hydrogen) atoms. The molecule has 0 saturated heterocycles. The van der Waals surface area contributed by atoms with Gasteiger partial charge in [0.05, 0.1) is 11.1 Å². The van der Waals surface area contributed by atoms with Gasteiger partial charge >= 0.3 is 0 Å². The van der Waals surface area contributed by atoms with Crippen LogP contribution in [0.25, 0.3) is 11.1 Å². The molecule has 0 bridgehead atoms. The second kappa shape index (κ2) is 3.59. The Kier molecular flexibility index (Phi) is 2.08. The zero-order valence-electron chi connectivity index (χ0n) is 9.14. The molecule has 0 aliphatic carbocycles. The summed E-state index contributed by atoms with van der Waals surface area (Å²) in [4.78, 5) is 0. The molecule has 1 heterocycles. The molecule has 0 spiro atoms. The summed E-state index contributed by atoms with van der Waals surface area (Å²) in [6, 6.07) is 11.1. The van der Waals surface area contributed by atoms with Gasteiger partial charge in [0.2, 0.25) is 6.79 Å². The Morgan fingerprint density at radius 2 is 1.24 bits per heavy atom. The summed E-state index contributed by atoms with van der Waals surface area (Å²) >= 11 is 0. The average Bonchev–Trinajstić information content (AvgIpc) is 2.50. The van der Waals surface area contributed by atoms with Crippen LogP contribution in [0.1, 0.15) is 0 Å². The molecule has 4 N–H and O–H groups in total. The quantitative estimate of drug-likeness (QED) is 0.678. The van der Waals surface area contributed by atoms with Crippen molar-refractivity contribution in [3.05, 3.63) is 36.4 Å². The van der Waals surface area contributed by atoms with Crippen LogP contribution in [0.2, 0.25) is 0 Å². The highest BCUT2D eigenvalue weighted by atomic mass is 16.7. The lowest BCUT2D eigenvalue weighted by atomic mass is 10.00. The van der Waals surface area contributed by atoms with E-state index in [1.54, 1.807) is 0 Å². The summed E-state index contributed by atoms with van der Waals surface area (Å²) in [5.74, 6) is 1.39. The third-order valence-corrected chi connectivity index (χ3v) is 2.80. The van der Waals surface area contributed by atoms with E-state index in [1.165, 1.54) is 0 Å². The summed E-state index contributed by atoms with van der Waals surface area (Å²) in [6.45, 7) is 0.160. The molecule has 0 atom stereocenters. The number of anilines is 2. The lowest BCUT2D eigenvalue weighted by Crippen LogP contribution is -2.03. The first-order chi connectivity index (χ1) is 8.27. The lowest BCUT2D eigenvalue weighted by Gasteiger charge is -2.11. The van der Waals surface area contributed by atoms with Gasteiger partial charge in [0.25, 0.3) is 0 Å². The minimum absolute atomic E-state index is 0.160. The third-order valence-electron chi connectivity index (χ3n) is 2.80. The van der Waals surface area contributed by atoms with E-state index in [9.17, 15) is 0 Å². The first-order valence-corrected chi connectivity index (χ1v) is 5.30. The van der Waals surface area contributed by atoms with E-state index in [2.05, 4.69) is 0 Å². The van der Waals surface area contributed by atoms with Crippen LogP contribution in [0, 0.1) is 0 Å². The van der Waals surface area contributed by atoms with Crippen molar-refractivity contribution < 1.29 is 9.47 Å². The molecule has 2 aromatic carbocycles.